The van der Waals surface area contributed by atoms with Crippen LogP contribution < -0.4 is 0 Å². The maximum atomic E-state index is 11.8. The second-order valence-corrected chi connectivity index (χ2v) is 7.57. The fourth-order valence-corrected chi connectivity index (χ4v) is 4.91. The van der Waals surface area contributed by atoms with Crippen molar-refractivity contribution in [2.24, 2.45) is 0 Å². The molecule has 2 heterocycles. The highest BCUT2D eigenvalue weighted by molar-refractivity contribution is 7.93. The predicted octanol–water partition coefficient (Wildman–Crippen LogP) is 2.70. The van der Waals surface area contributed by atoms with Crippen molar-refractivity contribution >= 4 is 27.1 Å². The number of esters is 1. The third-order valence-corrected chi connectivity index (χ3v) is 6.29. The lowest BCUT2D eigenvalue weighted by atomic mass is 10.1. The van der Waals surface area contributed by atoms with Crippen LogP contribution in [0, 0.1) is 0 Å². The summed E-state index contributed by atoms with van der Waals surface area (Å²) in [6, 6.07) is 1.74. The number of unbranched alkanes of at least 4 members (excludes halogenated alkanes) is 1. The predicted molar refractivity (Wildman–Crippen MR) is 69.3 cm³/mol. The normalized spacial score (nSPS) is 21.3. The molecule has 0 spiro atoms. The quantitative estimate of drug-likeness (QED) is 0.799. The third kappa shape index (κ3) is 2.75. The van der Waals surface area contributed by atoms with Gasteiger partial charge in [0.15, 0.2) is 9.84 Å². The maximum Gasteiger partial charge on any atom is 0.306 e. The average molecular weight is 288 g/mol. The summed E-state index contributed by atoms with van der Waals surface area (Å²) in [5, 5.41) is 1.74. The van der Waals surface area contributed by atoms with Crippen molar-refractivity contribution in [3.63, 3.8) is 0 Å². The van der Waals surface area contributed by atoms with Gasteiger partial charge in [0.25, 0.3) is 0 Å². The van der Waals surface area contributed by atoms with E-state index in [1.165, 1.54) is 11.3 Å². The Morgan fingerprint density at radius 2 is 2.33 bits per heavy atom. The Morgan fingerprint density at radius 1 is 1.56 bits per heavy atom. The number of hydrogen-bond donors (Lipinski definition) is 0. The zero-order chi connectivity index (χ0) is 13.2. The van der Waals surface area contributed by atoms with E-state index >= 15 is 0 Å². The van der Waals surface area contributed by atoms with Crippen LogP contribution in [0.5, 0.6) is 0 Å². The van der Waals surface area contributed by atoms with Gasteiger partial charge in [-0.1, -0.05) is 13.3 Å². The van der Waals surface area contributed by atoms with Gasteiger partial charge in [-0.25, -0.2) is 8.42 Å². The Kier molecular flexibility index (Phi) is 4.07. The highest BCUT2D eigenvalue weighted by Crippen LogP contribution is 2.38. The minimum absolute atomic E-state index is 0.0617. The van der Waals surface area contributed by atoms with Gasteiger partial charge in [-0.15, -0.1) is 11.3 Å². The third-order valence-electron chi connectivity index (χ3n) is 2.94. The summed E-state index contributed by atoms with van der Waals surface area (Å²) in [7, 11) is -3.16. The molecule has 1 aliphatic heterocycles. The van der Waals surface area contributed by atoms with E-state index in [1.54, 1.807) is 11.4 Å². The Morgan fingerprint density at radius 3 is 3.06 bits per heavy atom. The second-order valence-electron chi connectivity index (χ2n) is 4.35. The molecule has 0 N–H and O–H groups in total. The number of ether oxygens (including phenoxy) is 1. The summed E-state index contributed by atoms with van der Waals surface area (Å²) < 4.78 is 29.4. The van der Waals surface area contributed by atoms with Crippen LogP contribution in [-0.4, -0.2) is 20.1 Å². The molecule has 4 nitrogen and oxygen atoms in total. The molecule has 0 amide bonds. The van der Waals surface area contributed by atoms with E-state index < -0.39 is 9.84 Å². The zero-order valence-electron chi connectivity index (χ0n) is 10.2. The fourth-order valence-electron chi connectivity index (χ4n) is 1.97. The molecule has 18 heavy (non-hydrogen) atoms. The Labute approximate surface area is 111 Å². The van der Waals surface area contributed by atoms with Crippen LogP contribution >= 0.6 is 11.3 Å². The molecule has 2 rings (SSSR count). The molecule has 0 aliphatic carbocycles. The maximum absolute atomic E-state index is 11.8. The molecule has 0 bridgehead atoms. The number of carbonyl (C=O) groups excluding carboxylic acids is 1. The number of fused-ring (bicyclic) bond motifs is 1. The molecule has 0 saturated heterocycles. The Balaban J connectivity index is 2.11. The van der Waals surface area contributed by atoms with E-state index in [-0.39, 0.29) is 17.8 Å². The van der Waals surface area contributed by atoms with E-state index in [4.69, 9.17) is 4.74 Å². The second kappa shape index (κ2) is 5.40. The first-order valence-electron chi connectivity index (χ1n) is 6.04. The average Bonchev–Trinajstić information content (AvgIpc) is 2.81. The van der Waals surface area contributed by atoms with Gasteiger partial charge >= 0.3 is 5.97 Å². The van der Waals surface area contributed by atoms with Crippen molar-refractivity contribution in [2.45, 2.75) is 42.9 Å². The van der Waals surface area contributed by atoms with Crippen molar-refractivity contribution < 1.29 is 17.9 Å². The Bertz CT molecular complexity index is 530. The van der Waals surface area contributed by atoms with Crippen LogP contribution in [0.25, 0.3) is 0 Å². The molecule has 1 aromatic heterocycles. The monoisotopic (exact) mass is 288 g/mol. The van der Waals surface area contributed by atoms with Crippen LogP contribution in [0.2, 0.25) is 0 Å². The number of sulfone groups is 1. The van der Waals surface area contributed by atoms with Crippen LogP contribution in [0.3, 0.4) is 0 Å². The van der Waals surface area contributed by atoms with Crippen molar-refractivity contribution in [3.05, 3.63) is 17.0 Å². The molecule has 0 radical (unpaired) electrons. The summed E-state index contributed by atoms with van der Waals surface area (Å²) in [6.07, 6.45) is 2.13. The summed E-state index contributed by atoms with van der Waals surface area (Å²) in [5.74, 6) is -0.176. The molecular weight excluding hydrogens is 272 g/mol. The molecule has 0 unspecified atom stereocenters. The summed E-state index contributed by atoms with van der Waals surface area (Å²) in [5.41, 5.74) is 0.649. The number of rotatable bonds is 4. The molecule has 0 saturated carbocycles. The van der Waals surface area contributed by atoms with Gasteiger partial charge in [0.2, 0.25) is 0 Å². The van der Waals surface area contributed by atoms with Crippen molar-refractivity contribution in [1.82, 2.24) is 0 Å². The first-order valence-corrected chi connectivity index (χ1v) is 8.57. The molecule has 6 heteroatoms. The van der Waals surface area contributed by atoms with Gasteiger partial charge in [0, 0.05) is 18.4 Å². The van der Waals surface area contributed by atoms with Crippen molar-refractivity contribution in [1.29, 1.82) is 0 Å². The first kappa shape index (κ1) is 13.5. The molecule has 0 aromatic carbocycles. The van der Waals surface area contributed by atoms with E-state index in [0.29, 0.717) is 22.6 Å². The smallest absolute Gasteiger partial charge is 0.306 e. The van der Waals surface area contributed by atoms with Gasteiger partial charge in [0.1, 0.15) is 10.3 Å². The largest absolute Gasteiger partial charge is 0.457 e. The van der Waals surface area contributed by atoms with Gasteiger partial charge < -0.3 is 4.74 Å². The Hall–Kier alpha value is -0.880. The minimum Gasteiger partial charge on any atom is -0.457 e. The summed E-state index contributed by atoms with van der Waals surface area (Å²) >= 11 is 1.20. The highest BCUT2D eigenvalue weighted by atomic mass is 32.2. The summed E-state index contributed by atoms with van der Waals surface area (Å²) in [4.78, 5) is 11.6. The standard InChI is InChI=1S/C12H16O4S2/c1-2-3-4-11(13)16-10-6-8-18(14,15)12-9(10)5-7-17-12/h5,7,10H,2-4,6,8H2,1H3/t10-/m1/s1. The lowest BCUT2D eigenvalue weighted by Gasteiger charge is -2.22. The summed E-state index contributed by atoms with van der Waals surface area (Å²) in [6.45, 7) is 2.01. The number of thiophene rings is 1. The van der Waals surface area contributed by atoms with Crippen LogP contribution in [0.15, 0.2) is 15.7 Å². The molecule has 1 aliphatic rings. The molecule has 100 valence electrons. The van der Waals surface area contributed by atoms with E-state index in [1.807, 2.05) is 6.92 Å². The van der Waals surface area contributed by atoms with Gasteiger partial charge in [-0.05, 0) is 17.9 Å². The van der Waals surface area contributed by atoms with Gasteiger partial charge in [0.05, 0.1) is 5.75 Å². The van der Waals surface area contributed by atoms with Crippen LogP contribution in [0.1, 0.15) is 44.3 Å². The van der Waals surface area contributed by atoms with Crippen molar-refractivity contribution in [3.8, 4) is 0 Å². The first-order chi connectivity index (χ1) is 8.54. The lowest BCUT2D eigenvalue weighted by Crippen LogP contribution is -2.22. The van der Waals surface area contributed by atoms with Gasteiger partial charge in [-0.2, -0.15) is 0 Å². The van der Waals surface area contributed by atoms with E-state index in [9.17, 15) is 13.2 Å². The molecule has 1 atom stereocenters. The number of carbonyl (C=O) groups is 1. The van der Waals surface area contributed by atoms with E-state index in [0.717, 1.165) is 12.8 Å². The number of hydrogen-bond acceptors (Lipinski definition) is 5. The van der Waals surface area contributed by atoms with E-state index in [2.05, 4.69) is 0 Å². The SMILES string of the molecule is CCCCC(=O)O[C@@H]1CCS(=O)(=O)c2sccc21. The van der Waals surface area contributed by atoms with Gasteiger partial charge in [-0.3, -0.25) is 4.79 Å². The molecule has 0 fully saturated rings. The van der Waals surface area contributed by atoms with Crippen molar-refractivity contribution in [2.75, 3.05) is 5.75 Å². The van der Waals surface area contributed by atoms with Crippen LogP contribution in [0.4, 0.5) is 0 Å². The minimum atomic E-state index is -3.16. The topological polar surface area (TPSA) is 60.4 Å². The molecular formula is C12H16O4S2. The van der Waals surface area contributed by atoms with Crippen LogP contribution in [-0.2, 0) is 19.4 Å². The highest BCUT2D eigenvalue weighted by Gasteiger charge is 2.33. The zero-order valence-corrected chi connectivity index (χ0v) is 11.9. The molecule has 1 aromatic rings. The lowest BCUT2D eigenvalue weighted by molar-refractivity contribution is -0.150. The fraction of sp³-hybridized carbons (Fsp3) is 0.583.